The Labute approximate surface area is 792 Å². The van der Waals surface area contributed by atoms with Gasteiger partial charge in [0.05, 0.1) is 62.6 Å². The summed E-state index contributed by atoms with van der Waals surface area (Å²) in [4.78, 5) is 119. The van der Waals surface area contributed by atoms with E-state index in [0.29, 0.717) is 76.3 Å². The number of anilines is 8. The molecule has 0 saturated heterocycles. The summed E-state index contributed by atoms with van der Waals surface area (Å²) in [5.74, 6) is 0.754. The second-order valence-electron chi connectivity index (χ2n) is 32.6. The van der Waals surface area contributed by atoms with Gasteiger partial charge in [0.1, 0.15) is 17.2 Å². The van der Waals surface area contributed by atoms with Crippen LogP contribution in [0.25, 0.3) is 0 Å². The maximum atomic E-state index is 13.6. The van der Waals surface area contributed by atoms with E-state index in [1.54, 1.807) is 162 Å². The minimum absolute atomic E-state index is 0.0331. The molecular formula is C102H104BrCl2N11O16S. The number of fused-ring (bicyclic) bond motifs is 4. The van der Waals surface area contributed by atoms with Crippen LogP contribution < -0.4 is 53.4 Å². The zero-order chi connectivity index (χ0) is 95.4. The first-order valence-corrected chi connectivity index (χ1v) is 46.3. The van der Waals surface area contributed by atoms with E-state index in [9.17, 15) is 46.8 Å². The number of aromatic nitrogens is 2. The Morgan fingerprint density at radius 2 is 0.714 bits per heavy atom. The van der Waals surface area contributed by atoms with Crippen LogP contribution in [0, 0.1) is 0 Å². The average Bonchev–Trinajstić information content (AvgIpc) is 1.60. The first-order chi connectivity index (χ1) is 63.8. The van der Waals surface area contributed by atoms with Gasteiger partial charge in [-0.1, -0.05) is 117 Å². The largest absolute Gasteiger partial charge is 0.497 e. The van der Waals surface area contributed by atoms with Crippen molar-refractivity contribution in [2.24, 2.45) is 0 Å². The molecule has 0 aliphatic carbocycles. The van der Waals surface area contributed by atoms with Crippen molar-refractivity contribution in [2.45, 2.75) is 148 Å². The smallest absolute Gasteiger partial charge is 0.297 e. The van der Waals surface area contributed by atoms with Crippen molar-refractivity contribution >= 4 is 142 Å². The van der Waals surface area contributed by atoms with E-state index >= 15 is 0 Å². The summed E-state index contributed by atoms with van der Waals surface area (Å²) in [6.45, 7) is 16.6. The van der Waals surface area contributed by atoms with E-state index in [1.165, 1.54) is 39.2 Å². The molecule has 12 aromatic rings. The summed E-state index contributed by atoms with van der Waals surface area (Å²) in [6, 6.07) is 74.8. The Morgan fingerprint density at radius 1 is 0.414 bits per heavy atom. The van der Waals surface area contributed by atoms with Gasteiger partial charge in [-0.25, -0.2) is 12.7 Å². The van der Waals surface area contributed by atoms with Crippen molar-refractivity contribution in [3.63, 3.8) is 0 Å². The first kappa shape index (κ1) is 97.2. The normalized spacial score (nSPS) is 17.5. The maximum absolute atomic E-state index is 13.6. The molecule has 31 heteroatoms. The molecule has 27 nitrogen and oxygen atoms in total. The monoisotopic (exact) mass is 1920 g/mol. The average molecular weight is 1920 g/mol. The fraction of sp³-hybridized carbons (Fsp3) is 0.275. The number of hydrogen-bond acceptors (Lipinski definition) is 18. The van der Waals surface area contributed by atoms with Crippen LogP contribution in [-0.2, 0) is 40.5 Å². The van der Waals surface area contributed by atoms with Crippen LogP contribution in [0.4, 0.5) is 45.5 Å². The van der Waals surface area contributed by atoms with Crippen LogP contribution >= 0.6 is 39.1 Å². The molecule has 16 rings (SSSR count). The highest BCUT2D eigenvalue weighted by molar-refractivity contribution is 9.10. The van der Waals surface area contributed by atoms with Gasteiger partial charge >= 0.3 is 0 Å². The van der Waals surface area contributed by atoms with Gasteiger partial charge in [0, 0.05) is 150 Å². The van der Waals surface area contributed by atoms with Crippen molar-refractivity contribution in [3.05, 3.63) is 320 Å². The quantitative estimate of drug-likeness (QED) is 0.0685. The van der Waals surface area contributed by atoms with Gasteiger partial charge in [0.15, 0.2) is 0 Å². The van der Waals surface area contributed by atoms with E-state index in [0.717, 1.165) is 70.8 Å². The molecule has 0 saturated carbocycles. The SMILES string of the molecule is CCOc1cc(C(=O)N2c3ccccc3[C@H](N(C(C)=O)c3ccc(Cl)cc3)C[C@@H]2C)on1.COCc1cc(C(=O)N2c3ccccc3[C@H](N(C(C)=O)c3ccc(Cl)cc3)C[C@@H]2C)on1.COc1ccc(C(=O)N2c3ccccc3[C@H](N(C(C)=O)c3ccc(Br)cc3)C[C@@H]2C)cc1.COc1ccc(C(=O)N2c3ccccc3[C@H](N(C(C)=O)c3ccc(S(=O)(=O)N(C)C)cc3)C[C@@H]2C)cc1. The Bertz CT molecular complexity index is 6130. The molecule has 8 amide bonds. The van der Waals surface area contributed by atoms with Crippen LogP contribution in [0.1, 0.15) is 182 Å². The second kappa shape index (κ2) is 42.9. The number of para-hydroxylation sites is 4. The molecule has 2 aromatic heterocycles. The molecule has 6 heterocycles. The van der Waals surface area contributed by atoms with Gasteiger partial charge in [-0.3, -0.25) is 38.4 Å². The molecule has 0 N–H and O–H groups in total. The van der Waals surface area contributed by atoms with Crippen molar-refractivity contribution < 1.29 is 74.8 Å². The van der Waals surface area contributed by atoms with Crippen LogP contribution in [0.5, 0.6) is 17.4 Å². The van der Waals surface area contributed by atoms with Crippen LogP contribution in [0.3, 0.4) is 0 Å². The molecule has 0 unspecified atom stereocenters. The standard InChI is InChI=1S/C28H31N3O5S.C26H25BrN2O3.2C24H24ClN3O4/c1-19-18-27(31(20(2)32)22-12-16-24(17-13-22)37(34,35)29(3)4)25-8-6-7-9-26(25)30(19)28(33)21-10-14-23(36-5)15-11-21;1-17-16-25(29(18(2)30)21-12-10-20(27)11-13-21)23-6-4-5-7-24(23)28(17)26(31)19-8-14-22(32-3)15-9-19;1-15-12-22(28(16(2)29)19-10-8-17(25)9-11-19)20-6-4-5-7-21(20)27(15)24(30)23-13-18(14-31-3)26-32-23;1-4-31-23-14-22(32-26-23)24(30)27-15(2)13-21(19-7-5-6-8-20(19)27)28(16(3)29)18-11-9-17(25)10-12-18/h6-17,19,27H,18H2,1-5H3;4-15,17,25H,16H2,1-3H3;4-11,13,15,22H,12,14H2,1-3H3;5-12,14-15,21H,4,13H2,1-3H3/t19-,27+;17-,25+;15-,22+;15-,21+/m0000/s1. The highest BCUT2D eigenvalue weighted by Gasteiger charge is 2.44. The van der Waals surface area contributed by atoms with Crippen molar-refractivity contribution in [1.82, 2.24) is 14.6 Å². The Morgan fingerprint density at radius 3 is 1.02 bits per heavy atom. The molecule has 10 aromatic carbocycles. The third kappa shape index (κ3) is 21.4. The molecular weight excluding hydrogens is 1820 g/mol. The van der Waals surface area contributed by atoms with E-state index < -0.39 is 10.0 Å². The summed E-state index contributed by atoms with van der Waals surface area (Å²) in [5.41, 5.74) is 11.3. The number of amides is 8. The van der Waals surface area contributed by atoms with Gasteiger partial charge in [0.2, 0.25) is 45.2 Å². The van der Waals surface area contributed by atoms with Crippen molar-refractivity contribution in [3.8, 4) is 17.4 Å². The van der Waals surface area contributed by atoms with E-state index in [4.69, 9.17) is 51.2 Å². The highest BCUT2D eigenvalue weighted by atomic mass is 79.9. The van der Waals surface area contributed by atoms with E-state index in [2.05, 4.69) is 26.2 Å². The molecule has 0 fully saturated rings. The van der Waals surface area contributed by atoms with E-state index in [-0.39, 0.29) is 124 Å². The summed E-state index contributed by atoms with van der Waals surface area (Å²) in [5, 5.41) is 8.92. The van der Waals surface area contributed by atoms with Crippen LogP contribution in [0.15, 0.2) is 273 Å². The first-order valence-electron chi connectivity index (χ1n) is 43.3. The van der Waals surface area contributed by atoms with Gasteiger partial charge < -0.3 is 67.2 Å². The lowest BCUT2D eigenvalue weighted by atomic mass is 9.89. The van der Waals surface area contributed by atoms with E-state index in [1.807, 2.05) is 190 Å². The molecule has 8 atom stereocenters. The number of methoxy groups -OCH3 is 3. The molecule has 0 bridgehead atoms. The second-order valence-corrected chi connectivity index (χ2v) is 36.6. The van der Waals surface area contributed by atoms with Crippen LogP contribution in [0.2, 0.25) is 10.0 Å². The molecule has 4 aliphatic heterocycles. The molecule has 4 aliphatic rings. The molecule has 0 spiro atoms. The molecule has 690 valence electrons. The highest BCUT2D eigenvalue weighted by Crippen LogP contribution is 2.49. The van der Waals surface area contributed by atoms with Gasteiger partial charge in [0.25, 0.3) is 29.5 Å². The third-order valence-corrected chi connectivity index (χ3v) is 26.5. The third-order valence-electron chi connectivity index (χ3n) is 23.7. The Hall–Kier alpha value is -13.3. The lowest BCUT2D eigenvalue weighted by Gasteiger charge is -2.43. The fourth-order valence-electron chi connectivity index (χ4n) is 17.6. The van der Waals surface area contributed by atoms with Crippen LogP contribution in [-0.4, -0.2) is 136 Å². The number of nitrogens with zero attached hydrogens (tertiary/aromatic N) is 11. The number of benzene rings is 10. The number of carbonyl (C=O) groups is 8. The fourth-order valence-corrected chi connectivity index (χ4v) is 19.1. The lowest BCUT2D eigenvalue weighted by molar-refractivity contribution is -0.118. The van der Waals surface area contributed by atoms with Gasteiger partial charge in [-0.15, -0.1) is 0 Å². The minimum atomic E-state index is -3.59. The number of rotatable bonds is 20. The minimum Gasteiger partial charge on any atom is -0.497 e. The number of sulfonamides is 1. The van der Waals surface area contributed by atoms with Crippen molar-refractivity contribution in [1.29, 1.82) is 0 Å². The van der Waals surface area contributed by atoms with Gasteiger partial charge in [-0.05, 0) is 258 Å². The Kier molecular flexibility index (Phi) is 31.4. The molecule has 0 radical (unpaired) electrons. The lowest BCUT2D eigenvalue weighted by Crippen LogP contribution is -2.47. The zero-order valence-electron chi connectivity index (χ0n) is 76.1. The summed E-state index contributed by atoms with van der Waals surface area (Å²) in [6.07, 6.45) is 2.26. The summed E-state index contributed by atoms with van der Waals surface area (Å²) < 4.78 is 58.5. The predicted octanol–water partition coefficient (Wildman–Crippen LogP) is 20.7. The van der Waals surface area contributed by atoms with Gasteiger partial charge in [-0.2, -0.15) is 0 Å². The Balaban J connectivity index is 0.000000151. The predicted molar refractivity (Wildman–Crippen MR) is 518 cm³/mol. The molecule has 133 heavy (non-hydrogen) atoms. The van der Waals surface area contributed by atoms with Crippen molar-refractivity contribution in [2.75, 3.05) is 81.2 Å². The zero-order valence-corrected chi connectivity index (χ0v) is 80.0. The summed E-state index contributed by atoms with van der Waals surface area (Å²) in [7, 11) is 4.10. The summed E-state index contributed by atoms with van der Waals surface area (Å²) >= 11 is 15.6. The number of ether oxygens (including phenoxy) is 4. The topological polar surface area (TPSA) is 289 Å². The maximum Gasteiger partial charge on any atom is 0.297 e. The number of halogens is 3. The number of carbonyl (C=O) groups excluding carboxylic acids is 8. The number of hydrogen-bond donors (Lipinski definition) is 0.